The second-order valence-electron chi connectivity index (χ2n) is 8.39. The van der Waals surface area contributed by atoms with Crippen LogP contribution in [0.2, 0.25) is 10.0 Å². The monoisotopic (exact) mass is 518 g/mol. The van der Waals surface area contributed by atoms with Crippen molar-refractivity contribution in [2.24, 2.45) is 0 Å². The lowest BCUT2D eigenvalue weighted by atomic mass is 9.75. The Balaban J connectivity index is 2.04. The fraction of sp³-hybridized carbons (Fsp3) is 0.318. The second-order valence-corrected chi connectivity index (χ2v) is 9.23. The molecule has 0 bridgehead atoms. The molecule has 12 heteroatoms. The van der Waals surface area contributed by atoms with Gasteiger partial charge in [-0.3, -0.25) is 0 Å². The SMILES string of the molecule is Cc1noc(=O)c2ccc(OC(=O)C(O)(CC(C)(C)c3cc(Cl)ccc3Cl)C(F)(F)F)c(N)c12. The van der Waals surface area contributed by atoms with Crippen molar-refractivity contribution in [1.29, 1.82) is 0 Å². The third-order valence-electron chi connectivity index (χ3n) is 5.42. The van der Waals surface area contributed by atoms with E-state index in [1.54, 1.807) is 0 Å². The van der Waals surface area contributed by atoms with Crippen molar-refractivity contribution in [2.75, 3.05) is 5.73 Å². The minimum atomic E-state index is -5.42. The Kier molecular flexibility index (Phi) is 6.64. The number of alkyl halides is 3. The first-order valence-corrected chi connectivity index (χ1v) is 10.5. The highest BCUT2D eigenvalue weighted by molar-refractivity contribution is 6.33. The van der Waals surface area contributed by atoms with Gasteiger partial charge in [-0.05, 0) is 48.2 Å². The van der Waals surface area contributed by atoms with Gasteiger partial charge in [0.25, 0.3) is 5.60 Å². The zero-order chi connectivity index (χ0) is 25.6. The number of aromatic nitrogens is 1. The smallest absolute Gasteiger partial charge is 0.422 e. The predicted molar refractivity (Wildman–Crippen MR) is 120 cm³/mol. The topological polar surface area (TPSA) is 116 Å². The molecule has 3 rings (SSSR count). The van der Waals surface area contributed by atoms with Crippen LogP contribution in [0.5, 0.6) is 5.75 Å². The van der Waals surface area contributed by atoms with Gasteiger partial charge in [-0.2, -0.15) is 13.2 Å². The van der Waals surface area contributed by atoms with Gasteiger partial charge < -0.3 is 20.1 Å². The van der Waals surface area contributed by atoms with Gasteiger partial charge in [0.15, 0.2) is 5.75 Å². The Morgan fingerprint density at radius 2 is 1.85 bits per heavy atom. The molecule has 1 unspecified atom stereocenters. The largest absolute Gasteiger partial charge is 0.428 e. The third-order valence-corrected chi connectivity index (χ3v) is 5.98. The van der Waals surface area contributed by atoms with Crippen molar-refractivity contribution in [2.45, 2.75) is 44.4 Å². The number of aliphatic hydroxyl groups is 1. The van der Waals surface area contributed by atoms with E-state index < -0.39 is 41.0 Å². The minimum absolute atomic E-state index is 0.00684. The maximum absolute atomic E-state index is 14.0. The lowest BCUT2D eigenvalue weighted by molar-refractivity contribution is -0.264. The number of nitrogen functional groups attached to an aromatic ring is 1. The maximum atomic E-state index is 14.0. The van der Waals surface area contributed by atoms with E-state index in [2.05, 4.69) is 9.68 Å². The van der Waals surface area contributed by atoms with Crippen molar-refractivity contribution in [3.8, 4) is 5.75 Å². The van der Waals surface area contributed by atoms with Crippen LogP contribution >= 0.6 is 23.2 Å². The van der Waals surface area contributed by atoms with E-state index in [0.717, 1.165) is 12.1 Å². The lowest BCUT2D eigenvalue weighted by Gasteiger charge is -2.36. The average molecular weight is 519 g/mol. The molecule has 0 amide bonds. The molecule has 34 heavy (non-hydrogen) atoms. The van der Waals surface area contributed by atoms with E-state index in [0.29, 0.717) is 0 Å². The van der Waals surface area contributed by atoms with Gasteiger partial charge in [0.1, 0.15) is 0 Å². The molecule has 0 aliphatic rings. The molecular weight excluding hydrogens is 500 g/mol. The molecular formula is C22H19Cl2F3N2O5. The van der Waals surface area contributed by atoms with Crippen molar-refractivity contribution >= 4 is 45.6 Å². The van der Waals surface area contributed by atoms with Crippen LogP contribution in [0.4, 0.5) is 18.9 Å². The first kappa shape index (κ1) is 25.8. The highest BCUT2D eigenvalue weighted by Gasteiger charge is 2.63. The van der Waals surface area contributed by atoms with Crippen LogP contribution in [0, 0.1) is 6.92 Å². The summed E-state index contributed by atoms with van der Waals surface area (Å²) in [5.41, 5.74) is -0.273. The molecule has 0 fully saturated rings. The normalized spacial score (nSPS) is 14.1. The number of benzene rings is 2. The van der Waals surface area contributed by atoms with Crippen LogP contribution in [0.15, 0.2) is 39.6 Å². The van der Waals surface area contributed by atoms with Crippen molar-refractivity contribution in [3.63, 3.8) is 0 Å². The number of carbonyl (C=O) groups excluding carboxylic acids is 1. The molecule has 3 N–H and O–H groups in total. The van der Waals surface area contributed by atoms with Crippen molar-refractivity contribution in [3.05, 3.63) is 62.1 Å². The van der Waals surface area contributed by atoms with Gasteiger partial charge >= 0.3 is 17.8 Å². The quantitative estimate of drug-likeness (QED) is 0.278. The molecule has 2 aromatic carbocycles. The maximum Gasteiger partial charge on any atom is 0.428 e. The van der Waals surface area contributed by atoms with Gasteiger partial charge in [0, 0.05) is 21.9 Å². The van der Waals surface area contributed by atoms with E-state index in [-0.39, 0.29) is 37.8 Å². The summed E-state index contributed by atoms with van der Waals surface area (Å²) in [4.78, 5) is 24.6. The van der Waals surface area contributed by atoms with E-state index in [9.17, 15) is 27.9 Å². The zero-order valence-corrected chi connectivity index (χ0v) is 19.6. The molecule has 1 atom stereocenters. The number of nitrogens with zero attached hydrogens (tertiary/aromatic N) is 1. The molecule has 0 saturated carbocycles. The number of halogens is 5. The number of esters is 1. The van der Waals surface area contributed by atoms with Crippen LogP contribution < -0.4 is 16.1 Å². The number of fused-ring (bicyclic) bond motifs is 1. The standard InChI is InChI=1S/C22H19Cl2F3N2O5/c1-10-16-12(18(30)34-29-10)5-7-15(17(16)28)33-19(31)21(32,22(25,26)27)9-20(2,3)13-8-11(23)4-6-14(13)24/h4-8,32H,9,28H2,1-3H3. The predicted octanol–water partition coefficient (Wildman–Crippen LogP) is 4.95. The Hall–Kier alpha value is -2.82. The van der Waals surface area contributed by atoms with E-state index in [1.807, 2.05) is 0 Å². The number of rotatable bonds is 5. The molecule has 3 aromatic rings. The zero-order valence-electron chi connectivity index (χ0n) is 18.1. The average Bonchev–Trinajstić information content (AvgIpc) is 2.72. The van der Waals surface area contributed by atoms with Gasteiger partial charge in [-0.25, -0.2) is 9.59 Å². The number of anilines is 1. The molecule has 1 aromatic heterocycles. The summed E-state index contributed by atoms with van der Waals surface area (Å²) in [7, 11) is 0. The highest BCUT2D eigenvalue weighted by atomic mass is 35.5. The summed E-state index contributed by atoms with van der Waals surface area (Å²) < 4.78 is 51.7. The third kappa shape index (κ3) is 4.57. The summed E-state index contributed by atoms with van der Waals surface area (Å²) in [5.74, 6) is -2.50. The molecule has 7 nitrogen and oxygen atoms in total. The first-order valence-electron chi connectivity index (χ1n) is 9.74. The van der Waals surface area contributed by atoms with Gasteiger partial charge in [-0.1, -0.05) is 42.2 Å². The summed E-state index contributed by atoms with van der Waals surface area (Å²) in [6.45, 7) is 4.18. The summed E-state index contributed by atoms with van der Waals surface area (Å²) in [6.07, 6.45) is -6.56. The fourth-order valence-corrected chi connectivity index (χ4v) is 4.22. The molecule has 0 aliphatic heterocycles. The van der Waals surface area contributed by atoms with Crippen molar-refractivity contribution < 1.29 is 32.3 Å². The number of hydrogen-bond acceptors (Lipinski definition) is 7. The molecule has 0 spiro atoms. The number of aryl methyl sites for hydroxylation is 1. The van der Waals surface area contributed by atoms with E-state index in [4.69, 9.17) is 33.7 Å². The minimum Gasteiger partial charge on any atom is -0.422 e. The van der Waals surface area contributed by atoms with Gasteiger partial charge in [-0.15, -0.1) is 0 Å². The van der Waals surface area contributed by atoms with Crippen LogP contribution in [0.3, 0.4) is 0 Å². The second kappa shape index (κ2) is 8.75. The van der Waals surface area contributed by atoms with Crippen LogP contribution in [-0.4, -0.2) is 28.0 Å². The van der Waals surface area contributed by atoms with Crippen LogP contribution in [-0.2, 0) is 10.2 Å². The molecule has 0 saturated heterocycles. The fourth-order valence-electron chi connectivity index (χ4n) is 3.68. The summed E-state index contributed by atoms with van der Waals surface area (Å²) in [6, 6.07) is 6.40. The van der Waals surface area contributed by atoms with Crippen molar-refractivity contribution in [1.82, 2.24) is 5.16 Å². The van der Waals surface area contributed by atoms with Gasteiger partial charge in [0.05, 0.1) is 16.8 Å². The van der Waals surface area contributed by atoms with Gasteiger partial charge in [0.2, 0.25) is 0 Å². The molecule has 0 aliphatic carbocycles. The van der Waals surface area contributed by atoms with E-state index >= 15 is 0 Å². The molecule has 1 heterocycles. The summed E-state index contributed by atoms with van der Waals surface area (Å²) >= 11 is 12.1. The van der Waals surface area contributed by atoms with Crippen LogP contribution in [0.25, 0.3) is 10.8 Å². The van der Waals surface area contributed by atoms with Crippen LogP contribution in [0.1, 0.15) is 31.5 Å². The number of nitrogens with two attached hydrogens (primary N) is 1. The number of ether oxygens (including phenoxy) is 1. The highest BCUT2D eigenvalue weighted by Crippen LogP contribution is 2.44. The summed E-state index contributed by atoms with van der Waals surface area (Å²) in [5, 5.41) is 14.5. The molecule has 182 valence electrons. The number of carbonyl (C=O) groups is 1. The molecule has 0 radical (unpaired) electrons. The Morgan fingerprint density at radius 3 is 2.47 bits per heavy atom. The van der Waals surface area contributed by atoms with E-state index in [1.165, 1.54) is 39.0 Å². The lowest BCUT2D eigenvalue weighted by Crippen LogP contribution is -2.56. The Morgan fingerprint density at radius 1 is 1.21 bits per heavy atom. The Bertz CT molecular complexity index is 1340. The Labute approximate surface area is 201 Å². The first-order chi connectivity index (χ1) is 15.6. The number of hydrogen-bond donors (Lipinski definition) is 2.